The summed E-state index contributed by atoms with van der Waals surface area (Å²) in [6, 6.07) is 1.80. The van der Waals surface area contributed by atoms with Gasteiger partial charge in [0.2, 0.25) is 11.3 Å². The molecular weight excluding hydrogens is 166 g/mol. The molecule has 6 heteroatoms. The highest BCUT2D eigenvalue weighted by Gasteiger charge is 1.92. The van der Waals surface area contributed by atoms with E-state index >= 15 is 0 Å². The van der Waals surface area contributed by atoms with Gasteiger partial charge in [-0.05, 0) is 6.07 Å². The Hall–Kier alpha value is -0.720. The van der Waals surface area contributed by atoms with Crippen molar-refractivity contribution >= 4 is 11.3 Å². The molecule has 1 atom stereocenters. The first-order valence-electron chi connectivity index (χ1n) is 3.11. The van der Waals surface area contributed by atoms with Gasteiger partial charge < -0.3 is 0 Å². The van der Waals surface area contributed by atoms with E-state index in [0.29, 0.717) is 13.1 Å². The number of nitrogens with one attached hydrogen (secondary N) is 1. The van der Waals surface area contributed by atoms with Crippen LogP contribution in [0.15, 0.2) is 18.5 Å². The molecule has 1 rings (SSSR count). The smallest absolute Gasteiger partial charge is 0.231 e. The van der Waals surface area contributed by atoms with E-state index in [-0.39, 0.29) is 0 Å². The van der Waals surface area contributed by atoms with Crippen molar-refractivity contribution in [3.63, 3.8) is 0 Å². The number of hydrogen-bond acceptors (Lipinski definition) is 2. The molecule has 0 aliphatic rings. The Kier molecular flexibility index (Phi) is 3.21. The molecule has 0 spiro atoms. The van der Waals surface area contributed by atoms with Gasteiger partial charge in [-0.15, -0.1) is 0 Å². The van der Waals surface area contributed by atoms with E-state index in [1.54, 1.807) is 23.1 Å². The van der Waals surface area contributed by atoms with Crippen LogP contribution in [-0.4, -0.2) is 25.1 Å². The van der Waals surface area contributed by atoms with Crippen molar-refractivity contribution in [1.29, 1.82) is 0 Å². The van der Waals surface area contributed by atoms with Crippen molar-refractivity contribution < 1.29 is 8.76 Å². The van der Waals surface area contributed by atoms with Gasteiger partial charge >= 0.3 is 0 Å². The maximum absolute atomic E-state index is 10.1. The number of aromatic nitrogens is 2. The summed E-state index contributed by atoms with van der Waals surface area (Å²) in [6.45, 7) is 1.03. The first-order chi connectivity index (χ1) is 5.29. The van der Waals surface area contributed by atoms with Crippen molar-refractivity contribution in [2.75, 3.05) is 6.54 Å². The van der Waals surface area contributed by atoms with Crippen molar-refractivity contribution in [1.82, 2.24) is 14.5 Å². The zero-order chi connectivity index (χ0) is 8.10. The molecule has 5 nitrogen and oxygen atoms in total. The lowest BCUT2D eigenvalue weighted by atomic mass is 10.6. The lowest BCUT2D eigenvalue weighted by molar-refractivity contribution is 0.535. The monoisotopic (exact) mass is 175 g/mol. The maximum atomic E-state index is 10.1. The highest BCUT2D eigenvalue weighted by molar-refractivity contribution is 7.77. The molecule has 0 fully saturated rings. The van der Waals surface area contributed by atoms with Gasteiger partial charge in [0, 0.05) is 18.9 Å². The summed E-state index contributed by atoms with van der Waals surface area (Å²) in [6.07, 6.45) is 3.46. The lowest BCUT2D eigenvalue weighted by Crippen LogP contribution is -2.21. The third-order valence-corrected chi connectivity index (χ3v) is 1.58. The Balaban J connectivity index is 2.19. The second kappa shape index (κ2) is 4.22. The highest BCUT2D eigenvalue weighted by atomic mass is 32.2. The molecule has 0 radical (unpaired) electrons. The summed E-state index contributed by atoms with van der Waals surface area (Å²) >= 11 is -1.92. The van der Waals surface area contributed by atoms with E-state index < -0.39 is 11.3 Å². The second-order valence-electron chi connectivity index (χ2n) is 1.91. The molecule has 0 saturated carbocycles. The van der Waals surface area contributed by atoms with E-state index in [9.17, 15) is 4.21 Å². The van der Waals surface area contributed by atoms with Gasteiger partial charge in [0.25, 0.3) is 0 Å². The van der Waals surface area contributed by atoms with Gasteiger partial charge in [0.15, 0.2) is 0 Å². The molecule has 0 saturated heterocycles. The number of hydrogen-bond donors (Lipinski definition) is 2. The van der Waals surface area contributed by atoms with Crippen LogP contribution in [0.2, 0.25) is 0 Å². The van der Waals surface area contributed by atoms with E-state index in [2.05, 4.69) is 9.82 Å². The molecule has 1 heterocycles. The third kappa shape index (κ3) is 3.26. The molecule has 62 valence electrons. The average Bonchev–Trinajstić information content (AvgIpc) is 2.39. The quantitative estimate of drug-likeness (QED) is 0.612. The minimum atomic E-state index is -1.92. The van der Waals surface area contributed by atoms with Gasteiger partial charge in [-0.1, -0.05) is 0 Å². The lowest BCUT2D eigenvalue weighted by Gasteiger charge is -1.99. The third-order valence-electron chi connectivity index (χ3n) is 1.13. The highest BCUT2D eigenvalue weighted by Crippen LogP contribution is 1.82. The Morgan fingerprint density at radius 1 is 1.73 bits per heavy atom. The standard InChI is InChI=1S/C5H9N3O2S/c9-11(10)7-3-5-8-4-1-2-6-8/h1-2,4,7H,3,5H2,(H,9,10). The van der Waals surface area contributed by atoms with E-state index in [0.717, 1.165) is 0 Å². The van der Waals surface area contributed by atoms with Crippen molar-refractivity contribution in [2.24, 2.45) is 0 Å². The Morgan fingerprint density at radius 3 is 3.09 bits per heavy atom. The van der Waals surface area contributed by atoms with Crippen LogP contribution in [0.1, 0.15) is 0 Å². The summed E-state index contributed by atoms with van der Waals surface area (Å²) in [7, 11) is 0. The zero-order valence-electron chi connectivity index (χ0n) is 5.80. The zero-order valence-corrected chi connectivity index (χ0v) is 6.62. The second-order valence-corrected chi connectivity index (χ2v) is 2.70. The molecule has 1 aromatic heterocycles. The summed E-state index contributed by atoms with van der Waals surface area (Å²) in [5, 5.41) is 3.91. The van der Waals surface area contributed by atoms with Crippen LogP contribution in [0.25, 0.3) is 0 Å². The van der Waals surface area contributed by atoms with Crippen LogP contribution in [0.5, 0.6) is 0 Å². The molecule has 0 aliphatic heterocycles. The van der Waals surface area contributed by atoms with Gasteiger partial charge in [-0.3, -0.25) is 9.23 Å². The summed E-state index contributed by atoms with van der Waals surface area (Å²) < 4.78 is 22.4. The molecule has 1 aromatic rings. The van der Waals surface area contributed by atoms with Crippen LogP contribution in [0.4, 0.5) is 0 Å². The Labute approximate surface area is 66.8 Å². The van der Waals surface area contributed by atoms with Crippen LogP contribution < -0.4 is 4.72 Å². The fourth-order valence-electron chi connectivity index (χ4n) is 0.680. The van der Waals surface area contributed by atoms with Crippen LogP contribution in [-0.2, 0) is 17.8 Å². The predicted molar refractivity (Wildman–Crippen MR) is 41.0 cm³/mol. The molecular formula is C5H9N3O2S. The van der Waals surface area contributed by atoms with Gasteiger partial charge in [-0.2, -0.15) is 5.10 Å². The Bertz CT molecular complexity index is 224. The van der Waals surface area contributed by atoms with Gasteiger partial charge in [0.05, 0.1) is 6.54 Å². The topological polar surface area (TPSA) is 67.2 Å². The number of rotatable bonds is 4. The van der Waals surface area contributed by atoms with Crippen molar-refractivity contribution in [2.45, 2.75) is 6.54 Å². The largest absolute Gasteiger partial charge is 0.294 e. The van der Waals surface area contributed by atoms with Crippen molar-refractivity contribution in [3.8, 4) is 0 Å². The SMILES string of the molecule is O=S(O)NCCn1cccn1. The fraction of sp³-hybridized carbons (Fsp3) is 0.400. The molecule has 0 aliphatic carbocycles. The fourth-order valence-corrected chi connectivity index (χ4v) is 0.946. The average molecular weight is 175 g/mol. The summed E-state index contributed by atoms with van der Waals surface area (Å²) in [4.78, 5) is 0. The Morgan fingerprint density at radius 2 is 2.55 bits per heavy atom. The van der Waals surface area contributed by atoms with Gasteiger partial charge in [-0.25, -0.2) is 8.93 Å². The normalized spacial score (nSPS) is 13.2. The van der Waals surface area contributed by atoms with Crippen LogP contribution in [0.3, 0.4) is 0 Å². The molecule has 1 unspecified atom stereocenters. The summed E-state index contributed by atoms with van der Waals surface area (Å²) in [5.74, 6) is 0. The van der Waals surface area contributed by atoms with Crippen molar-refractivity contribution in [3.05, 3.63) is 18.5 Å². The van der Waals surface area contributed by atoms with E-state index in [4.69, 9.17) is 4.55 Å². The summed E-state index contributed by atoms with van der Waals surface area (Å²) in [5.41, 5.74) is 0. The molecule has 0 aromatic carbocycles. The minimum Gasteiger partial charge on any atom is -0.294 e. The first-order valence-corrected chi connectivity index (χ1v) is 4.21. The molecule has 0 amide bonds. The van der Waals surface area contributed by atoms with Crippen LogP contribution >= 0.6 is 0 Å². The number of nitrogens with zero attached hydrogens (tertiary/aromatic N) is 2. The minimum absolute atomic E-state index is 0.435. The van der Waals surface area contributed by atoms with E-state index in [1.807, 2.05) is 0 Å². The molecule has 2 N–H and O–H groups in total. The van der Waals surface area contributed by atoms with Crippen LogP contribution in [0, 0.1) is 0 Å². The molecule has 11 heavy (non-hydrogen) atoms. The maximum Gasteiger partial charge on any atom is 0.231 e. The molecule has 0 bridgehead atoms. The van der Waals surface area contributed by atoms with Gasteiger partial charge in [0.1, 0.15) is 0 Å². The predicted octanol–water partition coefficient (Wildman–Crippen LogP) is -0.391. The van der Waals surface area contributed by atoms with E-state index in [1.165, 1.54) is 0 Å². The first kappa shape index (κ1) is 8.38.